The van der Waals surface area contributed by atoms with Crippen LogP contribution < -0.4 is 15.8 Å². The Hall–Kier alpha value is -0.880. The van der Waals surface area contributed by atoms with Gasteiger partial charge in [-0.1, -0.05) is 6.92 Å². The van der Waals surface area contributed by atoms with E-state index in [2.05, 4.69) is 31.2 Å². The van der Waals surface area contributed by atoms with Gasteiger partial charge < -0.3 is 10.2 Å². The van der Waals surface area contributed by atoms with Crippen molar-refractivity contribution in [3.63, 3.8) is 0 Å². The lowest BCUT2D eigenvalue weighted by atomic mass is 10.1. The Morgan fingerprint density at radius 2 is 2.42 bits per heavy atom. The molecule has 1 aromatic heterocycles. The molecule has 0 radical (unpaired) electrons. The highest BCUT2D eigenvalue weighted by atomic mass is 79.9. The number of aromatic nitrogens is 2. The average molecular weight is 329 g/mol. The maximum absolute atomic E-state index is 12.2. The van der Waals surface area contributed by atoms with Crippen molar-refractivity contribution in [2.45, 2.75) is 38.8 Å². The minimum atomic E-state index is -0.0463. The van der Waals surface area contributed by atoms with E-state index in [1.54, 1.807) is 6.20 Å². The summed E-state index contributed by atoms with van der Waals surface area (Å²) < 4.78 is 2.13. The molecule has 5 nitrogen and oxygen atoms in total. The van der Waals surface area contributed by atoms with Crippen molar-refractivity contribution in [1.82, 2.24) is 15.1 Å². The van der Waals surface area contributed by atoms with E-state index in [9.17, 15) is 4.79 Å². The van der Waals surface area contributed by atoms with Gasteiger partial charge >= 0.3 is 0 Å². The second kappa shape index (κ2) is 6.52. The van der Waals surface area contributed by atoms with Crippen LogP contribution >= 0.6 is 15.9 Å². The van der Waals surface area contributed by atoms with E-state index in [1.807, 2.05) is 14.0 Å². The first-order valence-corrected chi connectivity index (χ1v) is 7.63. The standard InChI is InChI=1S/C13H21BrN4O/c1-3-7-18-13(19)12(14)11(9-16-18)17(2)10-5-4-6-15-8-10/h9-10,15H,3-8H2,1-2H3. The van der Waals surface area contributed by atoms with Crippen molar-refractivity contribution in [3.8, 4) is 0 Å². The van der Waals surface area contributed by atoms with E-state index in [0.29, 0.717) is 17.1 Å². The van der Waals surface area contributed by atoms with Crippen LogP contribution in [0.15, 0.2) is 15.5 Å². The summed E-state index contributed by atoms with van der Waals surface area (Å²) in [6, 6.07) is 0.424. The maximum atomic E-state index is 12.2. The number of likely N-dealkylation sites (N-methyl/N-ethyl adjacent to an activating group) is 1. The van der Waals surface area contributed by atoms with Gasteiger partial charge in [0.25, 0.3) is 5.56 Å². The summed E-state index contributed by atoms with van der Waals surface area (Å²) in [7, 11) is 2.03. The second-order valence-corrected chi connectivity index (χ2v) is 5.78. The van der Waals surface area contributed by atoms with Gasteiger partial charge in [-0.15, -0.1) is 0 Å². The Bertz CT molecular complexity index is 482. The first-order valence-electron chi connectivity index (χ1n) is 6.84. The highest BCUT2D eigenvalue weighted by Gasteiger charge is 2.21. The Labute approximate surface area is 122 Å². The topological polar surface area (TPSA) is 50.2 Å². The molecule has 1 atom stereocenters. The molecule has 19 heavy (non-hydrogen) atoms. The van der Waals surface area contributed by atoms with E-state index in [1.165, 1.54) is 11.1 Å². The highest BCUT2D eigenvalue weighted by Crippen LogP contribution is 2.24. The number of nitrogens with zero attached hydrogens (tertiary/aromatic N) is 3. The second-order valence-electron chi connectivity index (χ2n) is 4.98. The quantitative estimate of drug-likeness (QED) is 0.912. The van der Waals surface area contributed by atoms with Gasteiger partial charge in [0, 0.05) is 26.2 Å². The fourth-order valence-electron chi connectivity index (χ4n) is 2.43. The lowest BCUT2D eigenvalue weighted by Crippen LogP contribution is -2.45. The van der Waals surface area contributed by atoms with Gasteiger partial charge in [-0.05, 0) is 41.7 Å². The largest absolute Gasteiger partial charge is 0.368 e. The normalized spacial score (nSPS) is 19.4. The molecule has 0 spiro atoms. The predicted octanol–water partition coefficient (Wildman–Crippen LogP) is 1.60. The molecule has 1 unspecified atom stereocenters. The molecular weight excluding hydrogens is 308 g/mol. The molecule has 1 aromatic rings. The molecule has 1 N–H and O–H groups in total. The molecule has 0 aromatic carbocycles. The third kappa shape index (κ3) is 3.17. The molecule has 0 bridgehead atoms. The summed E-state index contributed by atoms with van der Waals surface area (Å²) in [6.07, 6.45) is 5.01. The average Bonchev–Trinajstić information content (AvgIpc) is 2.45. The number of rotatable bonds is 4. The molecule has 106 valence electrons. The number of anilines is 1. The molecule has 2 rings (SSSR count). The number of hydrogen-bond donors (Lipinski definition) is 1. The first-order chi connectivity index (χ1) is 9.15. The summed E-state index contributed by atoms with van der Waals surface area (Å²) in [5, 5.41) is 7.65. The molecular formula is C13H21BrN4O. The number of nitrogens with one attached hydrogen (secondary N) is 1. The monoisotopic (exact) mass is 328 g/mol. The molecule has 1 fully saturated rings. The molecule has 1 saturated heterocycles. The van der Waals surface area contributed by atoms with Crippen LogP contribution in [0.25, 0.3) is 0 Å². The van der Waals surface area contributed by atoms with Gasteiger partial charge in [0.15, 0.2) is 0 Å². The van der Waals surface area contributed by atoms with Crippen LogP contribution in [0.4, 0.5) is 5.69 Å². The lowest BCUT2D eigenvalue weighted by Gasteiger charge is -2.33. The Balaban J connectivity index is 2.24. The minimum absolute atomic E-state index is 0.0463. The fraction of sp³-hybridized carbons (Fsp3) is 0.692. The third-order valence-electron chi connectivity index (χ3n) is 3.60. The molecule has 1 aliphatic rings. The number of piperidine rings is 1. The fourth-order valence-corrected chi connectivity index (χ4v) is 3.02. The zero-order valence-corrected chi connectivity index (χ0v) is 13.1. The summed E-state index contributed by atoms with van der Waals surface area (Å²) >= 11 is 3.43. The SMILES string of the molecule is CCCn1ncc(N(C)C2CCCNC2)c(Br)c1=O. The predicted molar refractivity (Wildman–Crippen MR) is 80.8 cm³/mol. The molecule has 0 aliphatic carbocycles. The van der Waals surface area contributed by atoms with Crippen LogP contribution in [0.5, 0.6) is 0 Å². The van der Waals surface area contributed by atoms with Crippen LogP contribution in [0.2, 0.25) is 0 Å². The number of halogens is 1. The van der Waals surface area contributed by atoms with Crippen molar-refractivity contribution in [3.05, 3.63) is 21.0 Å². The van der Waals surface area contributed by atoms with Crippen molar-refractivity contribution >= 4 is 21.6 Å². The van der Waals surface area contributed by atoms with Gasteiger partial charge in [-0.2, -0.15) is 5.10 Å². The maximum Gasteiger partial charge on any atom is 0.283 e. The minimum Gasteiger partial charge on any atom is -0.368 e. The highest BCUT2D eigenvalue weighted by molar-refractivity contribution is 9.10. The molecule has 1 aliphatic heterocycles. The smallest absolute Gasteiger partial charge is 0.283 e. The van der Waals surface area contributed by atoms with Crippen molar-refractivity contribution < 1.29 is 0 Å². The molecule has 6 heteroatoms. The Kier molecular flexibility index (Phi) is 4.99. The molecule has 0 amide bonds. The van der Waals surface area contributed by atoms with Gasteiger partial charge in [0.2, 0.25) is 0 Å². The van der Waals surface area contributed by atoms with E-state index >= 15 is 0 Å². The van der Waals surface area contributed by atoms with Crippen molar-refractivity contribution in [1.29, 1.82) is 0 Å². The summed E-state index contributed by atoms with van der Waals surface area (Å²) in [4.78, 5) is 14.3. The van der Waals surface area contributed by atoms with Crippen molar-refractivity contribution in [2.75, 3.05) is 25.0 Å². The van der Waals surface area contributed by atoms with Crippen LogP contribution in [0, 0.1) is 0 Å². The third-order valence-corrected chi connectivity index (χ3v) is 4.35. The van der Waals surface area contributed by atoms with Crippen LogP contribution in [-0.4, -0.2) is 36.0 Å². The van der Waals surface area contributed by atoms with E-state index in [0.717, 1.165) is 31.6 Å². The van der Waals surface area contributed by atoms with Crippen LogP contribution in [0.1, 0.15) is 26.2 Å². The van der Waals surface area contributed by atoms with E-state index in [4.69, 9.17) is 0 Å². The summed E-state index contributed by atoms with van der Waals surface area (Å²) in [5.41, 5.74) is 0.834. The zero-order chi connectivity index (χ0) is 13.8. The Morgan fingerprint density at radius 1 is 1.63 bits per heavy atom. The van der Waals surface area contributed by atoms with E-state index in [-0.39, 0.29) is 5.56 Å². The van der Waals surface area contributed by atoms with Crippen LogP contribution in [0.3, 0.4) is 0 Å². The summed E-state index contributed by atoms with van der Waals surface area (Å²) in [6.45, 7) is 4.74. The molecule has 0 saturated carbocycles. The van der Waals surface area contributed by atoms with Gasteiger partial charge in [-0.25, -0.2) is 4.68 Å². The van der Waals surface area contributed by atoms with E-state index < -0.39 is 0 Å². The van der Waals surface area contributed by atoms with Gasteiger partial charge in [0.05, 0.1) is 11.9 Å². The van der Waals surface area contributed by atoms with Crippen LogP contribution in [-0.2, 0) is 6.54 Å². The zero-order valence-electron chi connectivity index (χ0n) is 11.5. The number of aryl methyl sites for hydroxylation is 1. The lowest BCUT2D eigenvalue weighted by molar-refractivity contribution is 0.443. The van der Waals surface area contributed by atoms with Crippen molar-refractivity contribution in [2.24, 2.45) is 0 Å². The Morgan fingerprint density at radius 3 is 3.05 bits per heavy atom. The summed E-state index contributed by atoms with van der Waals surface area (Å²) in [5.74, 6) is 0. The molecule has 2 heterocycles. The number of hydrogen-bond acceptors (Lipinski definition) is 4. The first kappa shape index (κ1) is 14.5. The van der Waals surface area contributed by atoms with Gasteiger partial charge in [-0.3, -0.25) is 4.79 Å². The van der Waals surface area contributed by atoms with Gasteiger partial charge in [0.1, 0.15) is 4.47 Å².